The van der Waals surface area contributed by atoms with Gasteiger partial charge >= 0.3 is 0 Å². The van der Waals surface area contributed by atoms with Crippen molar-refractivity contribution in [3.05, 3.63) is 0 Å². The summed E-state index contributed by atoms with van der Waals surface area (Å²) in [7, 11) is 0. The number of nitriles is 2. The zero-order chi connectivity index (χ0) is 7.28. The van der Waals surface area contributed by atoms with Gasteiger partial charge in [0.25, 0.3) is 0 Å². The zero-order valence-electron chi connectivity index (χ0n) is 4.51. The Morgan fingerprint density at radius 2 is 1.89 bits per heavy atom. The third-order valence-corrected chi connectivity index (χ3v) is 3.13. The van der Waals surface area contributed by atoms with Crippen LogP contribution in [0.5, 0.6) is 0 Å². The second-order valence-electron chi connectivity index (χ2n) is 1.41. The molecule has 0 rings (SSSR count). The highest BCUT2D eigenvalue weighted by molar-refractivity contribution is 9.12. The molecule has 4 heteroatoms. The fourth-order valence-electron chi connectivity index (χ4n) is 0.272. The molecule has 0 aromatic carbocycles. The molecule has 0 saturated heterocycles. The maximum atomic E-state index is 8.30. The van der Waals surface area contributed by atoms with Gasteiger partial charge in [0.05, 0.1) is 17.0 Å². The molecule has 2 nitrogen and oxygen atoms in total. The molecule has 0 heterocycles. The fraction of sp³-hybridized carbons (Fsp3) is 0.600. The van der Waals surface area contributed by atoms with Crippen molar-refractivity contribution in [1.29, 1.82) is 10.5 Å². The van der Waals surface area contributed by atoms with Crippen molar-refractivity contribution in [2.24, 2.45) is 0 Å². The summed E-state index contributed by atoms with van der Waals surface area (Å²) < 4.78 is 0. The fourth-order valence-corrected chi connectivity index (χ4v) is 0.721. The Kier molecular flexibility index (Phi) is 4.75. The number of hydrogen-bond donors (Lipinski definition) is 0. The third-order valence-electron chi connectivity index (χ3n) is 0.727. The van der Waals surface area contributed by atoms with Gasteiger partial charge in [-0.25, -0.2) is 0 Å². The summed E-state index contributed by atoms with van der Waals surface area (Å²) in [5.41, 5.74) is 0. The van der Waals surface area contributed by atoms with E-state index < -0.39 is 0 Å². The van der Waals surface area contributed by atoms with Crippen LogP contribution >= 0.6 is 31.9 Å². The van der Waals surface area contributed by atoms with Crippen molar-refractivity contribution >= 4 is 31.9 Å². The molecule has 0 radical (unpaired) electrons. The topological polar surface area (TPSA) is 47.6 Å². The maximum Gasteiger partial charge on any atom is 0.115 e. The monoisotopic (exact) mass is 250 g/mol. The van der Waals surface area contributed by atoms with E-state index >= 15 is 0 Å². The Hall–Kier alpha value is -0.0600. The van der Waals surface area contributed by atoms with E-state index in [1.54, 1.807) is 0 Å². The highest BCUT2D eigenvalue weighted by Crippen LogP contribution is 2.15. The quantitative estimate of drug-likeness (QED) is 0.705. The Morgan fingerprint density at radius 3 is 2.22 bits per heavy atom. The van der Waals surface area contributed by atoms with Gasteiger partial charge in [-0.3, -0.25) is 0 Å². The molecule has 0 amide bonds. The summed E-state index contributed by atoms with van der Waals surface area (Å²) in [5.74, 6) is 0. The molecule has 0 aromatic rings. The van der Waals surface area contributed by atoms with Crippen LogP contribution in [0.25, 0.3) is 0 Å². The highest BCUT2D eigenvalue weighted by atomic mass is 79.9. The van der Waals surface area contributed by atoms with Gasteiger partial charge in [-0.1, -0.05) is 31.9 Å². The predicted octanol–water partition coefficient (Wildman–Crippen LogP) is 1.95. The molecular weight excluding hydrogens is 248 g/mol. The summed E-state index contributed by atoms with van der Waals surface area (Å²) in [6, 6.07) is 3.92. The lowest BCUT2D eigenvalue weighted by Crippen LogP contribution is -2.09. The Bertz CT molecular complexity index is 155. The van der Waals surface area contributed by atoms with E-state index in [9.17, 15) is 0 Å². The Labute approximate surface area is 70.7 Å². The molecule has 9 heavy (non-hydrogen) atoms. The van der Waals surface area contributed by atoms with Crippen LogP contribution in [0.1, 0.15) is 6.42 Å². The van der Waals surface area contributed by atoms with Gasteiger partial charge in [-0.15, -0.1) is 0 Å². The van der Waals surface area contributed by atoms with Crippen molar-refractivity contribution in [2.45, 2.75) is 16.1 Å². The van der Waals surface area contributed by atoms with Crippen LogP contribution in [0, 0.1) is 22.7 Å². The lowest BCUT2D eigenvalue weighted by atomic mass is 10.3. The van der Waals surface area contributed by atoms with Crippen molar-refractivity contribution in [3.8, 4) is 12.1 Å². The molecule has 0 aliphatic carbocycles. The van der Waals surface area contributed by atoms with Crippen LogP contribution < -0.4 is 0 Å². The van der Waals surface area contributed by atoms with Gasteiger partial charge in [0.2, 0.25) is 0 Å². The van der Waals surface area contributed by atoms with E-state index in [1.165, 1.54) is 0 Å². The molecule has 0 bridgehead atoms. The lowest BCUT2D eigenvalue weighted by molar-refractivity contribution is 0.949. The first-order valence-electron chi connectivity index (χ1n) is 2.27. The van der Waals surface area contributed by atoms with Crippen LogP contribution in [0.2, 0.25) is 0 Å². The maximum absolute atomic E-state index is 8.30. The number of nitrogens with zero attached hydrogens (tertiary/aromatic N) is 2. The summed E-state index contributed by atoms with van der Waals surface area (Å²) in [6.07, 6.45) is 0.351. The smallest absolute Gasteiger partial charge is 0.115 e. The van der Waals surface area contributed by atoms with Crippen LogP contribution in [-0.2, 0) is 0 Å². The summed E-state index contributed by atoms with van der Waals surface area (Å²) in [5, 5.41) is 16.5. The normalized spacial score (nSPS) is 15.1. The van der Waals surface area contributed by atoms with Crippen molar-refractivity contribution in [3.63, 3.8) is 0 Å². The summed E-state index contributed by atoms with van der Waals surface area (Å²) >= 11 is 6.26. The largest absolute Gasteiger partial charge is 0.198 e. The van der Waals surface area contributed by atoms with E-state index in [0.717, 1.165) is 0 Å². The van der Waals surface area contributed by atoms with Crippen molar-refractivity contribution < 1.29 is 0 Å². The van der Waals surface area contributed by atoms with Crippen LogP contribution in [0.3, 0.4) is 0 Å². The lowest BCUT2D eigenvalue weighted by Gasteiger charge is -2.02. The number of hydrogen-bond acceptors (Lipinski definition) is 2. The molecule has 0 N–H and O–H groups in total. The first-order chi connectivity index (χ1) is 4.22. The van der Waals surface area contributed by atoms with Gasteiger partial charge in [0, 0.05) is 6.42 Å². The number of alkyl halides is 2. The molecule has 0 aliphatic rings. The van der Waals surface area contributed by atoms with Crippen LogP contribution in [0.4, 0.5) is 0 Å². The molecule has 0 fully saturated rings. The second-order valence-corrected chi connectivity index (χ2v) is 3.57. The van der Waals surface area contributed by atoms with Crippen LogP contribution in [0.15, 0.2) is 0 Å². The average molecular weight is 252 g/mol. The Balaban J connectivity index is 3.65. The predicted molar refractivity (Wildman–Crippen MR) is 41.3 cm³/mol. The first-order valence-corrected chi connectivity index (χ1v) is 4.10. The van der Waals surface area contributed by atoms with E-state index in [1.807, 2.05) is 12.1 Å². The third kappa shape index (κ3) is 3.51. The number of halogens is 2. The standard InChI is InChI=1S/C5H4Br2N2/c6-4(1-2-8)5(7)3-9/h4-5H,1H2. The molecule has 0 saturated carbocycles. The molecule has 48 valence electrons. The zero-order valence-corrected chi connectivity index (χ0v) is 7.68. The van der Waals surface area contributed by atoms with E-state index in [-0.39, 0.29) is 9.65 Å². The minimum absolute atomic E-state index is 0.0625. The van der Waals surface area contributed by atoms with Gasteiger partial charge < -0.3 is 0 Å². The minimum atomic E-state index is -0.267. The van der Waals surface area contributed by atoms with E-state index in [0.29, 0.717) is 6.42 Å². The Morgan fingerprint density at radius 1 is 1.33 bits per heavy atom. The van der Waals surface area contributed by atoms with Gasteiger partial charge in [0.15, 0.2) is 0 Å². The molecule has 0 aliphatic heterocycles. The highest BCUT2D eigenvalue weighted by Gasteiger charge is 2.13. The van der Waals surface area contributed by atoms with E-state index in [2.05, 4.69) is 31.9 Å². The second kappa shape index (κ2) is 4.78. The van der Waals surface area contributed by atoms with E-state index in [4.69, 9.17) is 10.5 Å². The molecule has 0 spiro atoms. The summed E-state index contributed by atoms with van der Waals surface area (Å²) in [4.78, 5) is -0.329. The SMILES string of the molecule is N#CCC(Br)C(Br)C#N. The molecule has 2 atom stereocenters. The van der Waals surface area contributed by atoms with Crippen molar-refractivity contribution in [1.82, 2.24) is 0 Å². The average Bonchev–Trinajstić information content (AvgIpc) is 1.87. The molecule has 2 unspecified atom stereocenters. The first kappa shape index (κ1) is 8.94. The molecule has 0 aromatic heterocycles. The van der Waals surface area contributed by atoms with Gasteiger partial charge in [-0.2, -0.15) is 10.5 Å². The van der Waals surface area contributed by atoms with Gasteiger partial charge in [0.1, 0.15) is 4.83 Å². The minimum Gasteiger partial charge on any atom is -0.198 e. The van der Waals surface area contributed by atoms with Crippen LogP contribution in [-0.4, -0.2) is 9.65 Å². The van der Waals surface area contributed by atoms with Gasteiger partial charge in [-0.05, 0) is 0 Å². The number of rotatable bonds is 2. The van der Waals surface area contributed by atoms with Crippen molar-refractivity contribution in [2.75, 3.05) is 0 Å². The molecular formula is C5H4Br2N2. The summed E-state index contributed by atoms with van der Waals surface area (Å²) in [6.45, 7) is 0.